The second kappa shape index (κ2) is 7.50. The third-order valence-corrected chi connectivity index (χ3v) is 2.39. The monoisotopic (exact) mass is 254 g/mol. The van der Waals surface area contributed by atoms with E-state index in [2.05, 4.69) is 5.32 Å². The SMILES string of the molecule is CCOCCCNc1cc(OC)ccc1[N+](=O)[O-]. The highest BCUT2D eigenvalue weighted by molar-refractivity contribution is 5.64. The largest absolute Gasteiger partial charge is 0.497 e. The predicted molar refractivity (Wildman–Crippen MR) is 69.2 cm³/mol. The minimum absolute atomic E-state index is 0.0483. The molecular weight excluding hydrogens is 236 g/mol. The van der Waals surface area contributed by atoms with Gasteiger partial charge in [-0.05, 0) is 19.4 Å². The summed E-state index contributed by atoms with van der Waals surface area (Å²) in [6.45, 7) is 3.87. The lowest BCUT2D eigenvalue weighted by atomic mass is 10.2. The Kier molecular flexibility index (Phi) is 5.93. The van der Waals surface area contributed by atoms with E-state index in [1.54, 1.807) is 12.1 Å². The molecule has 1 rings (SSSR count). The molecule has 6 nitrogen and oxygen atoms in total. The van der Waals surface area contributed by atoms with Gasteiger partial charge in [-0.25, -0.2) is 0 Å². The van der Waals surface area contributed by atoms with Crippen molar-refractivity contribution in [2.24, 2.45) is 0 Å². The minimum Gasteiger partial charge on any atom is -0.497 e. The molecular formula is C12H18N2O4. The number of nitrogens with zero attached hydrogens (tertiary/aromatic N) is 1. The van der Waals surface area contributed by atoms with E-state index in [-0.39, 0.29) is 5.69 Å². The Hall–Kier alpha value is -1.82. The van der Waals surface area contributed by atoms with Gasteiger partial charge in [0, 0.05) is 31.9 Å². The zero-order valence-corrected chi connectivity index (χ0v) is 10.6. The molecule has 0 unspecified atom stereocenters. The Labute approximate surface area is 106 Å². The number of rotatable bonds is 8. The van der Waals surface area contributed by atoms with Gasteiger partial charge in [0.25, 0.3) is 5.69 Å². The molecule has 1 aromatic carbocycles. The van der Waals surface area contributed by atoms with E-state index in [0.29, 0.717) is 31.2 Å². The fourth-order valence-electron chi connectivity index (χ4n) is 1.48. The molecule has 0 heterocycles. The number of nitro benzene ring substituents is 1. The number of hydrogen-bond donors (Lipinski definition) is 1. The molecule has 0 aliphatic heterocycles. The average molecular weight is 254 g/mol. The summed E-state index contributed by atoms with van der Waals surface area (Å²) in [6, 6.07) is 4.63. The van der Waals surface area contributed by atoms with Crippen molar-refractivity contribution in [2.45, 2.75) is 13.3 Å². The van der Waals surface area contributed by atoms with Crippen molar-refractivity contribution < 1.29 is 14.4 Å². The predicted octanol–water partition coefficient (Wildman–Crippen LogP) is 2.44. The summed E-state index contributed by atoms with van der Waals surface area (Å²) in [6.07, 6.45) is 0.794. The Morgan fingerprint density at radius 1 is 1.44 bits per heavy atom. The van der Waals surface area contributed by atoms with Gasteiger partial charge in [0.15, 0.2) is 0 Å². The minimum atomic E-state index is -0.412. The zero-order valence-electron chi connectivity index (χ0n) is 10.6. The molecule has 0 aliphatic carbocycles. The van der Waals surface area contributed by atoms with Gasteiger partial charge >= 0.3 is 0 Å². The molecule has 0 aliphatic rings. The highest BCUT2D eigenvalue weighted by Gasteiger charge is 2.13. The van der Waals surface area contributed by atoms with Crippen molar-refractivity contribution in [2.75, 3.05) is 32.2 Å². The maximum Gasteiger partial charge on any atom is 0.292 e. The fraction of sp³-hybridized carbons (Fsp3) is 0.500. The molecule has 1 N–H and O–H groups in total. The molecule has 0 atom stereocenters. The van der Waals surface area contributed by atoms with E-state index in [9.17, 15) is 10.1 Å². The second-order valence-corrected chi connectivity index (χ2v) is 3.62. The van der Waals surface area contributed by atoms with Crippen LogP contribution in [0, 0.1) is 10.1 Å². The van der Waals surface area contributed by atoms with Crippen LogP contribution in [0.2, 0.25) is 0 Å². The average Bonchev–Trinajstić information content (AvgIpc) is 2.38. The lowest BCUT2D eigenvalue weighted by Crippen LogP contribution is -2.07. The van der Waals surface area contributed by atoms with Crippen LogP contribution in [0.1, 0.15) is 13.3 Å². The molecule has 6 heteroatoms. The molecule has 0 saturated carbocycles. The first-order valence-electron chi connectivity index (χ1n) is 5.83. The third-order valence-electron chi connectivity index (χ3n) is 2.39. The second-order valence-electron chi connectivity index (χ2n) is 3.62. The first kappa shape index (κ1) is 14.2. The standard InChI is InChI=1S/C12H18N2O4/c1-3-18-8-4-7-13-11-9-10(17-2)5-6-12(11)14(15)16/h5-6,9,13H,3-4,7-8H2,1-2H3. The molecule has 0 saturated heterocycles. The van der Waals surface area contributed by atoms with Gasteiger partial charge in [0.05, 0.1) is 12.0 Å². The first-order chi connectivity index (χ1) is 8.69. The molecule has 1 aromatic rings. The Balaban J connectivity index is 2.63. The van der Waals surface area contributed by atoms with Gasteiger partial charge in [-0.1, -0.05) is 0 Å². The van der Waals surface area contributed by atoms with E-state index < -0.39 is 4.92 Å². The normalized spacial score (nSPS) is 10.1. The van der Waals surface area contributed by atoms with Gasteiger partial charge < -0.3 is 14.8 Å². The Bertz CT molecular complexity index is 396. The number of benzene rings is 1. The summed E-state index contributed by atoms with van der Waals surface area (Å²) in [5, 5.41) is 13.9. The zero-order chi connectivity index (χ0) is 13.4. The summed E-state index contributed by atoms with van der Waals surface area (Å²) in [7, 11) is 1.53. The lowest BCUT2D eigenvalue weighted by Gasteiger charge is -2.08. The number of anilines is 1. The molecule has 0 aromatic heterocycles. The van der Waals surface area contributed by atoms with Crippen LogP contribution in [0.5, 0.6) is 5.75 Å². The molecule has 0 fully saturated rings. The topological polar surface area (TPSA) is 73.6 Å². The smallest absolute Gasteiger partial charge is 0.292 e. The summed E-state index contributed by atoms with van der Waals surface area (Å²) in [4.78, 5) is 10.4. The van der Waals surface area contributed by atoms with Crippen molar-refractivity contribution in [1.29, 1.82) is 0 Å². The number of ether oxygens (including phenoxy) is 2. The summed E-state index contributed by atoms with van der Waals surface area (Å²) in [5.41, 5.74) is 0.517. The highest BCUT2D eigenvalue weighted by atomic mass is 16.6. The van der Waals surface area contributed by atoms with E-state index in [4.69, 9.17) is 9.47 Å². The van der Waals surface area contributed by atoms with E-state index in [1.165, 1.54) is 13.2 Å². The van der Waals surface area contributed by atoms with Crippen molar-refractivity contribution in [3.63, 3.8) is 0 Å². The van der Waals surface area contributed by atoms with Gasteiger partial charge in [0.2, 0.25) is 0 Å². The van der Waals surface area contributed by atoms with Crippen LogP contribution in [0.4, 0.5) is 11.4 Å². The van der Waals surface area contributed by atoms with Gasteiger partial charge in [-0.2, -0.15) is 0 Å². The van der Waals surface area contributed by atoms with Crippen molar-refractivity contribution in [3.8, 4) is 5.75 Å². The van der Waals surface area contributed by atoms with Crippen molar-refractivity contribution in [3.05, 3.63) is 28.3 Å². The molecule has 0 bridgehead atoms. The van der Waals surface area contributed by atoms with Crippen LogP contribution in [0.25, 0.3) is 0 Å². The van der Waals surface area contributed by atoms with Gasteiger partial charge in [-0.3, -0.25) is 10.1 Å². The Morgan fingerprint density at radius 2 is 2.22 bits per heavy atom. The van der Waals surface area contributed by atoms with Gasteiger partial charge in [0.1, 0.15) is 11.4 Å². The van der Waals surface area contributed by atoms with Crippen molar-refractivity contribution >= 4 is 11.4 Å². The van der Waals surface area contributed by atoms with Crippen LogP contribution in [-0.4, -0.2) is 31.8 Å². The Morgan fingerprint density at radius 3 is 2.83 bits per heavy atom. The first-order valence-corrected chi connectivity index (χ1v) is 5.83. The van der Waals surface area contributed by atoms with Crippen LogP contribution < -0.4 is 10.1 Å². The molecule has 0 amide bonds. The summed E-state index contributed by atoms with van der Waals surface area (Å²) in [5.74, 6) is 0.591. The summed E-state index contributed by atoms with van der Waals surface area (Å²) >= 11 is 0. The maximum absolute atomic E-state index is 10.9. The number of nitrogens with one attached hydrogen (secondary N) is 1. The van der Waals surface area contributed by atoms with Gasteiger partial charge in [-0.15, -0.1) is 0 Å². The number of hydrogen-bond acceptors (Lipinski definition) is 5. The molecule has 18 heavy (non-hydrogen) atoms. The quantitative estimate of drug-likeness (QED) is 0.438. The highest BCUT2D eigenvalue weighted by Crippen LogP contribution is 2.28. The number of methoxy groups -OCH3 is 1. The molecule has 100 valence electrons. The summed E-state index contributed by atoms with van der Waals surface area (Å²) < 4.78 is 10.2. The fourth-order valence-corrected chi connectivity index (χ4v) is 1.48. The third kappa shape index (κ3) is 4.21. The van der Waals surface area contributed by atoms with E-state index in [1.807, 2.05) is 6.92 Å². The van der Waals surface area contributed by atoms with Crippen LogP contribution >= 0.6 is 0 Å². The van der Waals surface area contributed by atoms with Crippen LogP contribution in [0.3, 0.4) is 0 Å². The van der Waals surface area contributed by atoms with Crippen LogP contribution in [0.15, 0.2) is 18.2 Å². The molecule has 0 radical (unpaired) electrons. The maximum atomic E-state index is 10.9. The van der Waals surface area contributed by atoms with Crippen LogP contribution in [-0.2, 0) is 4.74 Å². The number of nitro groups is 1. The van der Waals surface area contributed by atoms with E-state index in [0.717, 1.165) is 6.42 Å². The van der Waals surface area contributed by atoms with Crippen molar-refractivity contribution in [1.82, 2.24) is 0 Å². The van der Waals surface area contributed by atoms with E-state index >= 15 is 0 Å². The molecule has 0 spiro atoms. The lowest BCUT2D eigenvalue weighted by molar-refractivity contribution is -0.384.